The number of rotatable bonds is 5. The Kier molecular flexibility index (Phi) is 4.82. The summed E-state index contributed by atoms with van der Waals surface area (Å²) in [5.41, 5.74) is 0.838. The molecule has 0 aromatic heterocycles. The van der Waals surface area contributed by atoms with E-state index in [1.54, 1.807) is 12.1 Å². The number of aliphatic hydroxyl groups is 1. The summed E-state index contributed by atoms with van der Waals surface area (Å²) in [7, 11) is 0. The van der Waals surface area contributed by atoms with Crippen LogP contribution in [0.3, 0.4) is 0 Å². The lowest BCUT2D eigenvalue weighted by Crippen LogP contribution is -2.24. The number of phenolic OH excluding ortho intramolecular Hbond substituents is 1. The summed E-state index contributed by atoms with van der Waals surface area (Å²) in [4.78, 5) is 0. The van der Waals surface area contributed by atoms with Gasteiger partial charge in [-0.3, -0.25) is 0 Å². The molecule has 112 valence electrons. The van der Waals surface area contributed by atoms with Crippen LogP contribution in [0.4, 0.5) is 13.2 Å². The van der Waals surface area contributed by atoms with Gasteiger partial charge in [0.1, 0.15) is 5.75 Å². The van der Waals surface area contributed by atoms with E-state index < -0.39 is 30.1 Å². The van der Waals surface area contributed by atoms with Crippen LogP contribution in [0, 0.1) is 17.5 Å². The normalized spacial score (nSPS) is 12.4. The van der Waals surface area contributed by atoms with E-state index in [4.69, 9.17) is 0 Å². The fourth-order valence-corrected chi connectivity index (χ4v) is 1.97. The first-order chi connectivity index (χ1) is 10.0. The minimum Gasteiger partial charge on any atom is -0.508 e. The van der Waals surface area contributed by atoms with Gasteiger partial charge in [0, 0.05) is 6.54 Å². The van der Waals surface area contributed by atoms with Crippen LogP contribution in [-0.4, -0.2) is 16.8 Å². The summed E-state index contributed by atoms with van der Waals surface area (Å²) >= 11 is 0. The van der Waals surface area contributed by atoms with E-state index in [1.807, 2.05) is 0 Å². The molecule has 0 saturated carbocycles. The molecular formula is C15H14F3NO2. The van der Waals surface area contributed by atoms with Gasteiger partial charge in [0.15, 0.2) is 17.5 Å². The van der Waals surface area contributed by atoms with Crippen LogP contribution in [-0.2, 0) is 6.54 Å². The Morgan fingerprint density at radius 2 is 1.71 bits per heavy atom. The second kappa shape index (κ2) is 6.60. The van der Waals surface area contributed by atoms with Gasteiger partial charge in [0.2, 0.25) is 0 Å². The van der Waals surface area contributed by atoms with Crippen molar-refractivity contribution < 1.29 is 23.4 Å². The third-order valence-electron chi connectivity index (χ3n) is 3.05. The summed E-state index contributed by atoms with van der Waals surface area (Å²) in [5, 5.41) is 21.5. The van der Waals surface area contributed by atoms with Crippen molar-refractivity contribution in [1.29, 1.82) is 0 Å². The summed E-state index contributed by atoms with van der Waals surface area (Å²) < 4.78 is 39.3. The van der Waals surface area contributed by atoms with Crippen molar-refractivity contribution in [2.45, 2.75) is 12.6 Å². The molecule has 0 fully saturated rings. The van der Waals surface area contributed by atoms with Crippen molar-refractivity contribution in [1.82, 2.24) is 5.32 Å². The number of benzene rings is 2. The van der Waals surface area contributed by atoms with Gasteiger partial charge < -0.3 is 15.5 Å². The van der Waals surface area contributed by atoms with E-state index in [0.29, 0.717) is 0 Å². The molecule has 3 nitrogen and oxygen atoms in total. The fourth-order valence-electron chi connectivity index (χ4n) is 1.97. The lowest BCUT2D eigenvalue weighted by Gasteiger charge is -2.17. The van der Waals surface area contributed by atoms with Crippen LogP contribution in [0.15, 0.2) is 36.4 Å². The van der Waals surface area contributed by atoms with Crippen molar-refractivity contribution in [2.24, 2.45) is 0 Å². The maximum absolute atomic E-state index is 13.2. The number of aromatic hydroxyl groups is 1. The number of hydrogen-bond acceptors (Lipinski definition) is 3. The standard InChI is InChI=1S/C15H14F3NO2/c16-12-5-10(6-13(17)15(12)18)14(8-20)19-7-9-2-1-3-11(21)4-9/h1-6,14,19-21H,7-8H2. The predicted octanol–water partition coefficient (Wildman–Crippen LogP) is 2.63. The van der Waals surface area contributed by atoms with Crippen LogP contribution in [0.25, 0.3) is 0 Å². The molecular weight excluding hydrogens is 283 g/mol. The Morgan fingerprint density at radius 3 is 2.29 bits per heavy atom. The number of nitrogens with one attached hydrogen (secondary N) is 1. The van der Waals surface area contributed by atoms with Gasteiger partial charge in [-0.2, -0.15) is 0 Å². The highest BCUT2D eigenvalue weighted by molar-refractivity contribution is 5.28. The van der Waals surface area contributed by atoms with Gasteiger partial charge in [0.05, 0.1) is 12.6 Å². The molecule has 0 radical (unpaired) electrons. The van der Waals surface area contributed by atoms with E-state index in [0.717, 1.165) is 17.7 Å². The summed E-state index contributed by atoms with van der Waals surface area (Å²) in [6.07, 6.45) is 0. The molecule has 0 saturated heterocycles. The summed E-state index contributed by atoms with van der Waals surface area (Å²) in [6.45, 7) is -0.149. The van der Waals surface area contributed by atoms with Gasteiger partial charge >= 0.3 is 0 Å². The predicted molar refractivity (Wildman–Crippen MR) is 71.1 cm³/mol. The highest BCUT2D eigenvalue weighted by Crippen LogP contribution is 2.20. The van der Waals surface area contributed by atoms with Crippen LogP contribution in [0.2, 0.25) is 0 Å². The zero-order valence-electron chi connectivity index (χ0n) is 11.0. The molecule has 2 aromatic carbocycles. The van der Waals surface area contributed by atoms with Gasteiger partial charge in [-0.25, -0.2) is 13.2 Å². The molecule has 2 aromatic rings. The SMILES string of the molecule is OCC(NCc1cccc(O)c1)c1cc(F)c(F)c(F)c1. The van der Waals surface area contributed by atoms with Crippen molar-refractivity contribution >= 4 is 0 Å². The second-order valence-electron chi connectivity index (χ2n) is 4.58. The van der Waals surface area contributed by atoms with Crippen molar-refractivity contribution in [3.8, 4) is 5.75 Å². The van der Waals surface area contributed by atoms with Crippen LogP contribution in [0.1, 0.15) is 17.2 Å². The lowest BCUT2D eigenvalue weighted by atomic mass is 10.1. The van der Waals surface area contributed by atoms with E-state index in [1.165, 1.54) is 12.1 Å². The van der Waals surface area contributed by atoms with E-state index in [-0.39, 0.29) is 17.9 Å². The van der Waals surface area contributed by atoms with Gasteiger partial charge in [0.25, 0.3) is 0 Å². The van der Waals surface area contributed by atoms with Gasteiger partial charge in [-0.15, -0.1) is 0 Å². The quantitative estimate of drug-likeness (QED) is 0.744. The molecule has 0 aliphatic carbocycles. The topological polar surface area (TPSA) is 52.5 Å². The third kappa shape index (κ3) is 3.74. The Balaban J connectivity index is 2.13. The molecule has 3 N–H and O–H groups in total. The van der Waals surface area contributed by atoms with Gasteiger partial charge in [-0.1, -0.05) is 12.1 Å². The van der Waals surface area contributed by atoms with E-state index in [9.17, 15) is 23.4 Å². The monoisotopic (exact) mass is 297 g/mol. The minimum atomic E-state index is -1.54. The Hall–Kier alpha value is -2.05. The average molecular weight is 297 g/mol. The molecule has 6 heteroatoms. The fraction of sp³-hybridized carbons (Fsp3) is 0.200. The molecule has 0 aliphatic rings. The third-order valence-corrected chi connectivity index (χ3v) is 3.05. The molecule has 21 heavy (non-hydrogen) atoms. The highest BCUT2D eigenvalue weighted by atomic mass is 19.2. The minimum absolute atomic E-state index is 0.0914. The first kappa shape index (κ1) is 15.3. The summed E-state index contributed by atoms with van der Waals surface area (Å²) in [5.74, 6) is -4.05. The molecule has 1 atom stereocenters. The second-order valence-corrected chi connectivity index (χ2v) is 4.58. The average Bonchev–Trinajstić information content (AvgIpc) is 2.45. The van der Waals surface area contributed by atoms with Crippen molar-refractivity contribution in [3.63, 3.8) is 0 Å². The Morgan fingerprint density at radius 1 is 1.05 bits per heavy atom. The largest absolute Gasteiger partial charge is 0.508 e. The zero-order chi connectivity index (χ0) is 15.4. The first-order valence-corrected chi connectivity index (χ1v) is 6.28. The number of halogens is 3. The maximum atomic E-state index is 13.2. The maximum Gasteiger partial charge on any atom is 0.194 e. The van der Waals surface area contributed by atoms with Crippen LogP contribution >= 0.6 is 0 Å². The highest BCUT2D eigenvalue weighted by Gasteiger charge is 2.16. The van der Waals surface area contributed by atoms with E-state index in [2.05, 4.69) is 5.32 Å². The molecule has 0 bridgehead atoms. The number of aliphatic hydroxyl groups excluding tert-OH is 1. The van der Waals surface area contributed by atoms with Crippen molar-refractivity contribution in [2.75, 3.05) is 6.61 Å². The summed E-state index contributed by atoms with van der Waals surface area (Å²) in [6, 6.07) is 7.36. The zero-order valence-corrected chi connectivity index (χ0v) is 11.0. The van der Waals surface area contributed by atoms with Crippen molar-refractivity contribution in [3.05, 3.63) is 65.0 Å². The molecule has 0 amide bonds. The molecule has 0 spiro atoms. The molecule has 0 aliphatic heterocycles. The molecule has 0 heterocycles. The molecule has 1 unspecified atom stereocenters. The number of phenols is 1. The first-order valence-electron chi connectivity index (χ1n) is 6.28. The Bertz CT molecular complexity index is 611. The van der Waals surface area contributed by atoms with Gasteiger partial charge in [-0.05, 0) is 35.4 Å². The lowest BCUT2D eigenvalue weighted by molar-refractivity contribution is 0.242. The molecule has 2 rings (SSSR count). The Labute approximate surface area is 119 Å². The van der Waals surface area contributed by atoms with Crippen LogP contribution in [0.5, 0.6) is 5.75 Å². The van der Waals surface area contributed by atoms with Crippen LogP contribution < -0.4 is 5.32 Å². The smallest absolute Gasteiger partial charge is 0.194 e. The van der Waals surface area contributed by atoms with E-state index >= 15 is 0 Å². The number of hydrogen-bond donors (Lipinski definition) is 3.